The van der Waals surface area contributed by atoms with Crippen molar-refractivity contribution in [2.45, 2.75) is 6.04 Å². The van der Waals surface area contributed by atoms with Crippen LogP contribution < -0.4 is 10.1 Å². The average molecular weight is 284 g/mol. The van der Waals surface area contributed by atoms with Gasteiger partial charge in [-0.1, -0.05) is 6.07 Å². The lowest BCUT2D eigenvalue weighted by Gasteiger charge is -2.13. The summed E-state index contributed by atoms with van der Waals surface area (Å²) in [6.45, 7) is -0.807. The number of ether oxygens (including phenoxy) is 1. The molecule has 1 aromatic carbocycles. The van der Waals surface area contributed by atoms with E-state index in [9.17, 15) is 19.7 Å². The van der Waals surface area contributed by atoms with Gasteiger partial charge in [0.05, 0.1) is 24.2 Å². The number of carboxylic acids is 1. The minimum atomic E-state index is -1.51. The number of carboxylic acid groups (broad SMARTS) is 1. The fourth-order valence-corrected chi connectivity index (χ4v) is 1.48. The second-order valence-electron chi connectivity index (χ2n) is 3.66. The van der Waals surface area contributed by atoms with Crippen LogP contribution in [0.2, 0.25) is 0 Å². The normalized spacial score (nSPS) is 11.5. The Bertz CT molecular complexity index is 544. The van der Waals surface area contributed by atoms with Crippen LogP contribution in [-0.2, 0) is 4.79 Å². The first-order chi connectivity index (χ1) is 9.42. The SMILES string of the molecule is COc1c(C(=O)N[C@H](CO)C(=O)O)cccc1[N+](=O)[O-]. The van der Waals surface area contributed by atoms with E-state index in [0.29, 0.717) is 0 Å². The van der Waals surface area contributed by atoms with Gasteiger partial charge in [-0.3, -0.25) is 14.9 Å². The van der Waals surface area contributed by atoms with Crippen LogP contribution in [0.1, 0.15) is 10.4 Å². The van der Waals surface area contributed by atoms with E-state index >= 15 is 0 Å². The molecule has 1 aromatic rings. The quantitative estimate of drug-likeness (QED) is 0.484. The van der Waals surface area contributed by atoms with Crippen LogP contribution >= 0.6 is 0 Å². The van der Waals surface area contributed by atoms with Crippen LogP contribution in [0.25, 0.3) is 0 Å². The summed E-state index contributed by atoms with van der Waals surface area (Å²) in [6, 6.07) is 2.16. The van der Waals surface area contributed by atoms with E-state index in [0.717, 1.165) is 13.2 Å². The lowest BCUT2D eigenvalue weighted by molar-refractivity contribution is -0.385. The fraction of sp³-hybridized carbons (Fsp3) is 0.273. The molecule has 1 rings (SSSR count). The van der Waals surface area contributed by atoms with Crippen LogP contribution in [0.5, 0.6) is 5.75 Å². The number of amides is 1. The van der Waals surface area contributed by atoms with Crippen LogP contribution in [0.3, 0.4) is 0 Å². The molecule has 1 amide bonds. The van der Waals surface area contributed by atoms with Crippen molar-refractivity contribution in [1.29, 1.82) is 0 Å². The number of hydrogen-bond donors (Lipinski definition) is 3. The minimum Gasteiger partial charge on any atom is -0.490 e. The van der Waals surface area contributed by atoms with E-state index in [1.807, 2.05) is 5.32 Å². The highest BCUT2D eigenvalue weighted by atomic mass is 16.6. The third-order valence-corrected chi connectivity index (χ3v) is 2.43. The Balaban J connectivity index is 3.13. The third-order valence-electron chi connectivity index (χ3n) is 2.43. The number of nitro benzene ring substituents is 1. The second-order valence-corrected chi connectivity index (χ2v) is 3.66. The van der Waals surface area contributed by atoms with Gasteiger partial charge in [-0.25, -0.2) is 4.79 Å². The monoisotopic (exact) mass is 284 g/mol. The Labute approximate surface area is 112 Å². The summed E-state index contributed by atoms with van der Waals surface area (Å²) in [4.78, 5) is 32.7. The van der Waals surface area contributed by atoms with Gasteiger partial charge < -0.3 is 20.3 Å². The Kier molecular flexibility index (Phi) is 4.98. The average Bonchev–Trinajstić information content (AvgIpc) is 2.42. The molecule has 0 aliphatic carbocycles. The predicted molar refractivity (Wildman–Crippen MR) is 65.6 cm³/mol. The standard InChI is InChI=1S/C11H12N2O7/c1-20-9-6(3-2-4-8(9)13(18)19)10(15)12-7(5-14)11(16)17/h2-4,7,14H,5H2,1H3,(H,12,15)(H,16,17)/t7-/m1/s1. The maximum atomic E-state index is 11.9. The first-order valence-corrected chi connectivity index (χ1v) is 5.38. The molecule has 0 saturated heterocycles. The molecule has 0 aliphatic rings. The summed E-state index contributed by atoms with van der Waals surface area (Å²) in [5.41, 5.74) is -0.613. The number of rotatable bonds is 6. The maximum absolute atomic E-state index is 11.9. The Morgan fingerprint density at radius 3 is 2.60 bits per heavy atom. The summed E-state index contributed by atoms with van der Waals surface area (Å²) in [5, 5.41) is 30.4. The number of hydrogen-bond acceptors (Lipinski definition) is 6. The second kappa shape index (κ2) is 6.48. The number of carbonyl (C=O) groups excluding carboxylic acids is 1. The minimum absolute atomic E-state index is 0.193. The Hall–Kier alpha value is -2.68. The van der Waals surface area contributed by atoms with Crippen LogP contribution in [0.15, 0.2) is 18.2 Å². The number of carbonyl (C=O) groups is 2. The van der Waals surface area contributed by atoms with E-state index in [1.54, 1.807) is 0 Å². The van der Waals surface area contributed by atoms with Crippen molar-refractivity contribution >= 4 is 17.6 Å². The molecule has 0 bridgehead atoms. The number of benzene rings is 1. The van der Waals surface area contributed by atoms with E-state index < -0.39 is 35.1 Å². The van der Waals surface area contributed by atoms with Gasteiger partial charge in [0.25, 0.3) is 5.91 Å². The van der Waals surface area contributed by atoms with E-state index in [2.05, 4.69) is 0 Å². The van der Waals surface area contributed by atoms with Crippen LogP contribution in [-0.4, -0.2) is 46.8 Å². The van der Waals surface area contributed by atoms with Crippen molar-refractivity contribution in [3.8, 4) is 5.75 Å². The summed E-state index contributed by atoms with van der Waals surface area (Å²) in [7, 11) is 1.15. The molecule has 108 valence electrons. The summed E-state index contributed by atoms with van der Waals surface area (Å²) < 4.78 is 4.82. The Morgan fingerprint density at radius 2 is 2.15 bits per heavy atom. The summed E-state index contributed by atoms with van der Waals surface area (Å²) in [5.74, 6) is -2.60. The van der Waals surface area contributed by atoms with Crippen molar-refractivity contribution in [2.75, 3.05) is 13.7 Å². The van der Waals surface area contributed by atoms with Crippen LogP contribution in [0, 0.1) is 10.1 Å². The predicted octanol–water partition coefficient (Wildman–Crippen LogP) is -0.221. The van der Waals surface area contributed by atoms with E-state index in [-0.39, 0.29) is 11.3 Å². The lowest BCUT2D eigenvalue weighted by Crippen LogP contribution is -2.43. The number of aliphatic hydroxyl groups excluding tert-OH is 1. The highest BCUT2D eigenvalue weighted by Gasteiger charge is 2.25. The van der Waals surface area contributed by atoms with Gasteiger partial charge in [0.15, 0.2) is 6.04 Å². The number of nitrogens with zero attached hydrogens (tertiary/aromatic N) is 1. The first kappa shape index (κ1) is 15.4. The van der Waals surface area contributed by atoms with E-state index in [1.165, 1.54) is 12.1 Å². The van der Waals surface area contributed by atoms with Gasteiger partial charge in [0, 0.05) is 6.07 Å². The number of aliphatic carboxylic acids is 1. The molecule has 20 heavy (non-hydrogen) atoms. The first-order valence-electron chi connectivity index (χ1n) is 5.38. The highest BCUT2D eigenvalue weighted by molar-refractivity contribution is 6.00. The van der Waals surface area contributed by atoms with E-state index in [4.69, 9.17) is 14.9 Å². The molecule has 0 spiro atoms. The molecule has 0 unspecified atom stereocenters. The Morgan fingerprint density at radius 1 is 1.50 bits per heavy atom. The number of methoxy groups -OCH3 is 1. The van der Waals surface area contributed by atoms with Crippen molar-refractivity contribution in [3.63, 3.8) is 0 Å². The van der Waals surface area contributed by atoms with Crippen molar-refractivity contribution in [1.82, 2.24) is 5.32 Å². The highest BCUT2D eigenvalue weighted by Crippen LogP contribution is 2.30. The molecular formula is C11H12N2O7. The number of nitrogens with one attached hydrogen (secondary N) is 1. The fourth-order valence-electron chi connectivity index (χ4n) is 1.48. The molecule has 1 atom stereocenters. The number of nitro groups is 1. The molecule has 0 heterocycles. The van der Waals surface area contributed by atoms with Gasteiger partial charge in [-0.2, -0.15) is 0 Å². The smallest absolute Gasteiger partial charge is 0.328 e. The molecule has 3 N–H and O–H groups in total. The zero-order chi connectivity index (χ0) is 15.3. The summed E-state index contributed by atoms with van der Waals surface area (Å²) >= 11 is 0. The summed E-state index contributed by atoms with van der Waals surface area (Å²) in [6.07, 6.45) is 0. The van der Waals surface area contributed by atoms with Crippen molar-refractivity contribution in [2.24, 2.45) is 0 Å². The van der Waals surface area contributed by atoms with Gasteiger partial charge >= 0.3 is 11.7 Å². The molecule has 0 aromatic heterocycles. The van der Waals surface area contributed by atoms with Gasteiger partial charge in [0.2, 0.25) is 5.75 Å². The number of aliphatic hydroxyl groups is 1. The third kappa shape index (κ3) is 3.20. The molecule has 0 fully saturated rings. The maximum Gasteiger partial charge on any atom is 0.328 e. The van der Waals surface area contributed by atoms with Crippen molar-refractivity contribution < 1.29 is 29.5 Å². The molecular weight excluding hydrogens is 272 g/mol. The molecule has 9 nitrogen and oxygen atoms in total. The largest absolute Gasteiger partial charge is 0.490 e. The van der Waals surface area contributed by atoms with Crippen LogP contribution in [0.4, 0.5) is 5.69 Å². The number of para-hydroxylation sites is 1. The van der Waals surface area contributed by atoms with Gasteiger partial charge in [-0.05, 0) is 6.07 Å². The van der Waals surface area contributed by atoms with Gasteiger partial charge in [-0.15, -0.1) is 0 Å². The van der Waals surface area contributed by atoms with Crippen molar-refractivity contribution in [3.05, 3.63) is 33.9 Å². The zero-order valence-corrected chi connectivity index (χ0v) is 10.4. The lowest BCUT2D eigenvalue weighted by atomic mass is 10.1. The molecule has 9 heteroatoms. The molecule has 0 radical (unpaired) electrons. The van der Waals surface area contributed by atoms with Gasteiger partial charge in [0.1, 0.15) is 0 Å². The molecule has 0 aliphatic heterocycles. The zero-order valence-electron chi connectivity index (χ0n) is 10.4. The molecule has 0 saturated carbocycles. The topological polar surface area (TPSA) is 139 Å².